The molecule has 2 rings (SSSR count). The standard InChI is InChI=1S/C14H16ClNO4/c1-14(2,13(19)20)6-11(17)8-3-7-4-12(18)16-10(7)5-9(8)15/h3,5,11,17H,4,6H2,1-2H3,(H,16,18)(H,19,20). The summed E-state index contributed by atoms with van der Waals surface area (Å²) < 4.78 is 0. The summed E-state index contributed by atoms with van der Waals surface area (Å²) in [5.74, 6) is -1.10. The summed E-state index contributed by atoms with van der Waals surface area (Å²) in [6.45, 7) is 3.09. The molecule has 0 aliphatic carbocycles. The molecule has 1 aromatic rings. The lowest BCUT2D eigenvalue weighted by molar-refractivity contribution is -0.148. The fourth-order valence-corrected chi connectivity index (χ4v) is 2.49. The third-order valence-electron chi connectivity index (χ3n) is 3.49. The third-order valence-corrected chi connectivity index (χ3v) is 3.82. The Morgan fingerprint density at radius 3 is 2.75 bits per heavy atom. The maximum Gasteiger partial charge on any atom is 0.309 e. The zero-order valence-corrected chi connectivity index (χ0v) is 12.0. The summed E-state index contributed by atoms with van der Waals surface area (Å²) in [6, 6.07) is 3.26. The minimum Gasteiger partial charge on any atom is -0.481 e. The van der Waals surface area contributed by atoms with Crippen LogP contribution in [0.25, 0.3) is 0 Å². The fraction of sp³-hybridized carbons (Fsp3) is 0.429. The predicted molar refractivity (Wildman–Crippen MR) is 74.8 cm³/mol. The van der Waals surface area contributed by atoms with Gasteiger partial charge in [-0.3, -0.25) is 9.59 Å². The van der Waals surface area contributed by atoms with Crippen molar-refractivity contribution >= 4 is 29.2 Å². The highest BCUT2D eigenvalue weighted by atomic mass is 35.5. The van der Waals surface area contributed by atoms with Gasteiger partial charge in [0.25, 0.3) is 0 Å². The van der Waals surface area contributed by atoms with E-state index < -0.39 is 17.5 Å². The van der Waals surface area contributed by atoms with Crippen molar-refractivity contribution in [3.63, 3.8) is 0 Å². The number of anilines is 1. The topological polar surface area (TPSA) is 86.6 Å². The van der Waals surface area contributed by atoms with E-state index >= 15 is 0 Å². The van der Waals surface area contributed by atoms with E-state index in [1.165, 1.54) is 0 Å². The molecule has 0 fully saturated rings. The van der Waals surface area contributed by atoms with Crippen molar-refractivity contribution in [1.82, 2.24) is 0 Å². The van der Waals surface area contributed by atoms with Crippen molar-refractivity contribution in [2.45, 2.75) is 32.8 Å². The largest absolute Gasteiger partial charge is 0.481 e. The minimum absolute atomic E-state index is 0.0439. The number of nitrogens with one attached hydrogen (secondary N) is 1. The fourth-order valence-electron chi connectivity index (χ4n) is 2.20. The van der Waals surface area contributed by atoms with E-state index in [1.807, 2.05) is 0 Å². The average Bonchev–Trinajstić information content (AvgIpc) is 2.66. The highest BCUT2D eigenvalue weighted by Gasteiger charge is 2.32. The number of hydrogen-bond donors (Lipinski definition) is 3. The van der Waals surface area contributed by atoms with E-state index in [9.17, 15) is 14.7 Å². The van der Waals surface area contributed by atoms with E-state index in [0.29, 0.717) is 16.3 Å². The number of hydrogen-bond acceptors (Lipinski definition) is 3. The van der Waals surface area contributed by atoms with Gasteiger partial charge in [-0.1, -0.05) is 11.6 Å². The van der Waals surface area contributed by atoms with Gasteiger partial charge in [0, 0.05) is 10.7 Å². The number of carbonyl (C=O) groups excluding carboxylic acids is 1. The lowest BCUT2D eigenvalue weighted by Gasteiger charge is -2.23. The zero-order valence-electron chi connectivity index (χ0n) is 11.2. The summed E-state index contributed by atoms with van der Waals surface area (Å²) in [4.78, 5) is 22.4. The molecule has 0 aromatic heterocycles. The van der Waals surface area contributed by atoms with E-state index in [4.69, 9.17) is 16.7 Å². The molecule has 0 saturated carbocycles. The first-order valence-corrected chi connectivity index (χ1v) is 6.62. The van der Waals surface area contributed by atoms with E-state index in [1.54, 1.807) is 26.0 Å². The Bertz CT molecular complexity index is 583. The second-order valence-electron chi connectivity index (χ2n) is 5.66. The summed E-state index contributed by atoms with van der Waals surface area (Å²) in [6.07, 6.45) is -0.703. The summed E-state index contributed by atoms with van der Waals surface area (Å²) in [5.41, 5.74) is 0.807. The van der Waals surface area contributed by atoms with E-state index in [-0.39, 0.29) is 18.7 Å². The predicted octanol–water partition coefficient (Wildman–Crippen LogP) is 2.37. The second-order valence-corrected chi connectivity index (χ2v) is 6.07. The lowest BCUT2D eigenvalue weighted by atomic mass is 9.84. The van der Waals surface area contributed by atoms with Crippen LogP contribution in [0.4, 0.5) is 5.69 Å². The number of aliphatic carboxylic acids is 1. The van der Waals surface area contributed by atoms with Gasteiger partial charge in [0.05, 0.1) is 17.9 Å². The monoisotopic (exact) mass is 297 g/mol. The molecular weight excluding hydrogens is 282 g/mol. The van der Waals surface area contributed by atoms with Crippen LogP contribution in [-0.2, 0) is 16.0 Å². The van der Waals surface area contributed by atoms with Gasteiger partial charge in [-0.15, -0.1) is 0 Å². The van der Waals surface area contributed by atoms with Crippen LogP contribution in [0.1, 0.15) is 37.5 Å². The van der Waals surface area contributed by atoms with Gasteiger partial charge in [-0.2, -0.15) is 0 Å². The number of carboxylic acids is 1. The van der Waals surface area contributed by atoms with Crippen molar-refractivity contribution in [3.05, 3.63) is 28.3 Å². The molecule has 1 atom stereocenters. The van der Waals surface area contributed by atoms with Crippen molar-refractivity contribution in [2.24, 2.45) is 5.41 Å². The Morgan fingerprint density at radius 2 is 2.15 bits per heavy atom. The van der Waals surface area contributed by atoms with E-state index in [2.05, 4.69) is 5.32 Å². The number of carboxylic acid groups (broad SMARTS) is 1. The molecule has 1 aliphatic rings. The molecule has 20 heavy (non-hydrogen) atoms. The number of rotatable bonds is 4. The SMILES string of the molecule is CC(C)(CC(O)c1cc2c(cc1Cl)NC(=O)C2)C(=O)O. The van der Waals surface area contributed by atoms with Crippen LogP contribution >= 0.6 is 11.6 Å². The van der Waals surface area contributed by atoms with Crippen LogP contribution in [0, 0.1) is 5.41 Å². The maximum absolute atomic E-state index is 11.3. The second kappa shape index (κ2) is 5.07. The normalized spacial score (nSPS) is 15.7. The first-order chi connectivity index (χ1) is 9.20. The van der Waals surface area contributed by atoms with Crippen LogP contribution in [0.5, 0.6) is 0 Å². The smallest absolute Gasteiger partial charge is 0.309 e. The molecule has 0 spiro atoms. The van der Waals surface area contributed by atoms with Gasteiger partial charge < -0.3 is 15.5 Å². The minimum atomic E-state index is -1.06. The molecule has 0 radical (unpaired) electrons. The van der Waals surface area contributed by atoms with Crippen LogP contribution in [0.2, 0.25) is 5.02 Å². The number of benzene rings is 1. The van der Waals surface area contributed by atoms with Gasteiger partial charge in [0.15, 0.2) is 0 Å². The zero-order chi connectivity index (χ0) is 15.1. The Labute approximate surface area is 121 Å². The van der Waals surface area contributed by atoms with Gasteiger partial charge in [0.1, 0.15) is 0 Å². The van der Waals surface area contributed by atoms with Gasteiger partial charge in [-0.25, -0.2) is 0 Å². The molecule has 1 aliphatic heterocycles. The first-order valence-electron chi connectivity index (χ1n) is 6.24. The number of carbonyl (C=O) groups is 2. The number of aliphatic hydroxyl groups excluding tert-OH is 1. The molecule has 3 N–H and O–H groups in total. The van der Waals surface area contributed by atoms with Crippen molar-refractivity contribution in [2.75, 3.05) is 5.32 Å². The molecule has 1 aromatic carbocycles. The Hall–Kier alpha value is -1.59. The van der Waals surface area contributed by atoms with Crippen molar-refractivity contribution < 1.29 is 19.8 Å². The summed E-state index contributed by atoms with van der Waals surface area (Å²) in [5, 5.41) is 22.3. The molecule has 1 heterocycles. The molecule has 1 amide bonds. The summed E-state index contributed by atoms with van der Waals surface area (Å²) >= 11 is 6.10. The van der Waals surface area contributed by atoms with Gasteiger partial charge in [0.2, 0.25) is 5.91 Å². The number of fused-ring (bicyclic) bond motifs is 1. The number of halogens is 1. The van der Waals surface area contributed by atoms with Crippen molar-refractivity contribution in [3.8, 4) is 0 Å². The molecule has 108 valence electrons. The number of aliphatic hydroxyl groups is 1. The lowest BCUT2D eigenvalue weighted by Crippen LogP contribution is -2.26. The molecule has 0 bridgehead atoms. The summed E-state index contributed by atoms with van der Waals surface area (Å²) in [7, 11) is 0. The molecule has 0 saturated heterocycles. The molecular formula is C14H16ClNO4. The Balaban J connectivity index is 2.28. The molecule has 1 unspecified atom stereocenters. The Kier molecular flexibility index (Phi) is 3.75. The number of amides is 1. The van der Waals surface area contributed by atoms with Crippen LogP contribution in [0.3, 0.4) is 0 Å². The van der Waals surface area contributed by atoms with E-state index in [0.717, 1.165) is 5.56 Å². The third kappa shape index (κ3) is 2.78. The molecule has 5 nitrogen and oxygen atoms in total. The van der Waals surface area contributed by atoms with Gasteiger partial charge in [-0.05, 0) is 43.5 Å². The van der Waals surface area contributed by atoms with Crippen molar-refractivity contribution in [1.29, 1.82) is 0 Å². The quantitative estimate of drug-likeness (QED) is 0.796. The highest BCUT2D eigenvalue weighted by molar-refractivity contribution is 6.32. The van der Waals surface area contributed by atoms with Gasteiger partial charge >= 0.3 is 5.97 Å². The Morgan fingerprint density at radius 1 is 1.50 bits per heavy atom. The van der Waals surface area contributed by atoms with Crippen LogP contribution < -0.4 is 5.32 Å². The maximum atomic E-state index is 11.3. The van der Waals surface area contributed by atoms with Crippen LogP contribution in [-0.4, -0.2) is 22.1 Å². The highest BCUT2D eigenvalue weighted by Crippen LogP contribution is 2.37. The molecule has 6 heteroatoms. The average molecular weight is 298 g/mol. The first kappa shape index (κ1) is 14.8. The van der Waals surface area contributed by atoms with Crippen LogP contribution in [0.15, 0.2) is 12.1 Å².